The van der Waals surface area contributed by atoms with Gasteiger partial charge in [0.2, 0.25) is 17.7 Å². The number of thioether (sulfide) groups is 1. The lowest BCUT2D eigenvalue weighted by Gasteiger charge is -2.29. The van der Waals surface area contributed by atoms with Gasteiger partial charge < -0.3 is 15.0 Å². The van der Waals surface area contributed by atoms with Crippen LogP contribution in [0.25, 0.3) is 0 Å². The van der Waals surface area contributed by atoms with Crippen LogP contribution < -0.4 is 10.1 Å². The molecule has 0 saturated carbocycles. The number of carbonyl (C=O) groups is 2. The Morgan fingerprint density at radius 1 is 1.33 bits per heavy atom. The van der Waals surface area contributed by atoms with Gasteiger partial charge in [0.05, 0.1) is 16.8 Å². The summed E-state index contributed by atoms with van der Waals surface area (Å²) in [6, 6.07) is 8.45. The fourth-order valence-corrected chi connectivity index (χ4v) is 4.81. The Bertz CT molecular complexity index is 875. The number of rotatable bonds is 4. The summed E-state index contributed by atoms with van der Waals surface area (Å²) in [6.45, 7) is 2.01. The van der Waals surface area contributed by atoms with Gasteiger partial charge in [0, 0.05) is 18.2 Å². The summed E-state index contributed by atoms with van der Waals surface area (Å²) in [5.41, 5.74) is 0.525. The van der Waals surface area contributed by atoms with Crippen molar-refractivity contribution in [2.45, 2.75) is 30.7 Å². The maximum Gasteiger partial charge on any atom is 0.248 e. The third kappa shape index (κ3) is 3.49. The number of hydrogen-bond donors (Lipinski definition) is 1. The highest BCUT2D eigenvalue weighted by Gasteiger charge is 2.52. The summed E-state index contributed by atoms with van der Waals surface area (Å²) in [4.78, 5) is 30.4. The number of amides is 2. The zero-order valence-electron chi connectivity index (χ0n) is 14.6. The maximum atomic E-state index is 12.9. The highest BCUT2D eigenvalue weighted by atomic mass is 32.2. The second-order valence-corrected chi connectivity index (χ2v) is 8.20. The zero-order valence-corrected chi connectivity index (χ0v) is 15.5. The summed E-state index contributed by atoms with van der Waals surface area (Å²) < 4.78 is 18.5. The van der Waals surface area contributed by atoms with E-state index < -0.39 is 6.04 Å². The first-order valence-corrected chi connectivity index (χ1v) is 9.60. The van der Waals surface area contributed by atoms with E-state index in [9.17, 15) is 14.0 Å². The molecule has 0 unspecified atom stereocenters. The van der Waals surface area contributed by atoms with Crippen molar-refractivity contribution in [2.75, 3.05) is 11.1 Å². The van der Waals surface area contributed by atoms with Crippen molar-refractivity contribution in [1.29, 1.82) is 0 Å². The minimum atomic E-state index is -0.467. The predicted molar refractivity (Wildman–Crippen MR) is 100 cm³/mol. The van der Waals surface area contributed by atoms with Gasteiger partial charge in [-0.05, 0) is 43.7 Å². The quantitative estimate of drug-likeness (QED) is 0.871. The molecule has 1 aromatic heterocycles. The van der Waals surface area contributed by atoms with Gasteiger partial charge in [0.25, 0.3) is 0 Å². The Morgan fingerprint density at radius 2 is 2.11 bits per heavy atom. The number of carbonyl (C=O) groups excluding carboxylic acids is 2. The number of ether oxygens (including phenoxy) is 1. The normalized spacial score (nSPS) is 24.0. The van der Waals surface area contributed by atoms with Crippen molar-refractivity contribution in [3.05, 3.63) is 48.4 Å². The highest BCUT2D eigenvalue weighted by Crippen LogP contribution is 2.47. The molecule has 2 amide bonds. The van der Waals surface area contributed by atoms with Crippen LogP contribution in [0.4, 0.5) is 10.1 Å². The number of anilines is 1. The van der Waals surface area contributed by atoms with Gasteiger partial charge in [-0.15, -0.1) is 11.8 Å². The zero-order chi connectivity index (χ0) is 19.0. The highest BCUT2D eigenvalue weighted by molar-refractivity contribution is 8.01. The molecule has 2 atom stereocenters. The molecule has 1 N–H and O–H groups in total. The Hall–Kier alpha value is -2.61. The summed E-state index contributed by atoms with van der Waals surface area (Å²) >= 11 is 1.65. The van der Waals surface area contributed by atoms with Crippen molar-refractivity contribution < 1.29 is 18.7 Å². The number of fused-ring (bicyclic) bond motifs is 1. The number of nitrogens with one attached hydrogen (secondary N) is 1. The average Bonchev–Trinajstić information content (AvgIpc) is 3.15. The van der Waals surface area contributed by atoms with Gasteiger partial charge in [-0.25, -0.2) is 9.37 Å². The number of aromatic nitrogens is 1. The predicted octanol–water partition coefficient (Wildman–Crippen LogP) is 3.41. The van der Waals surface area contributed by atoms with Crippen molar-refractivity contribution in [1.82, 2.24) is 9.88 Å². The summed E-state index contributed by atoms with van der Waals surface area (Å²) in [7, 11) is 0. The molecule has 2 fully saturated rings. The molecule has 0 spiro atoms. The lowest BCUT2D eigenvalue weighted by Crippen LogP contribution is -2.48. The lowest BCUT2D eigenvalue weighted by molar-refractivity contribution is -0.135. The molecule has 2 saturated heterocycles. The van der Waals surface area contributed by atoms with E-state index in [-0.39, 0.29) is 22.5 Å². The molecule has 1 aromatic carbocycles. The number of benzene rings is 1. The van der Waals surface area contributed by atoms with Crippen LogP contribution in [0, 0.1) is 5.82 Å². The average molecular weight is 387 g/mol. The van der Waals surface area contributed by atoms with E-state index in [2.05, 4.69) is 10.3 Å². The molecule has 4 rings (SSSR count). The van der Waals surface area contributed by atoms with Crippen LogP contribution in [0.3, 0.4) is 0 Å². The second-order valence-electron chi connectivity index (χ2n) is 6.70. The Kier molecular flexibility index (Phi) is 4.51. The molecule has 0 bridgehead atoms. The van der Waals surface area contributed by atoms with Gasteiger partial charge in [0.1, 0.15) is 17.6 Å². The van der Waals surface area contributed by atoms with Crippen molar-refractivity contribution in [3.63, 3.8) is 0 Å². The van der Waals surface area contributed by atoms with Crippen LogP contribution in [0.1, 0.15) is 19.8 Å². The fourth-order valence-electron chi connectivity index (χ4n) is 3.38. The second kappa shape index (κ2) is 6.84. The molecule has 6 nitrogen and oxygen atoms in total. The molecular formula is C19H18FN3O3S. The third-order valence-corrected chi connectivity index (χ3v) is 6.29. The van der Waals surface area contributed by atoms with Gasteiger partial charge >= 0.3 is 0 Å². The van der Waals surface area contributed by atoms with E-state index in [1.54, 1.807) is 28.8 Å². The molecule has 2 aliphatic rings. The van der Waals surface area contributed by atoms with E-state index in [1.807, 2.05) is 6.92 Å². The van der Waals surface area contributed by atoms with Gasteiger partial charge in [-0.2, -0.15) is 0 Å². The largest absolute Gasteiger partial charge is 0.439 e. The minimum absolute atomic E-state index is 0.0313. The number of pyridine rings is 1. The Morgan fingerprint density at radius 3 is 2.81 bits per heavy atom. The van der Waals surface area contributed by atoms with E-state index >= 15 is 0 Å². The monoisotopic (exact) mass is 387 g/mol. The number of nitrogens with zero attached hydrogens (tertiary/aromatic N) is 2. The first kappa shape index (κ1) is 17.8. The maximum absolute atomic E-state index is 12.9. The molecule has 2 aromatic rings. The SMILES string of the molecule is C[C@]12CCC(=O)N1[C@H](C(=O)Nc1ccc(Oc3ccc(F)cc3)nc1)CS2. The van der Waals surface area contributed by atoms with Crippen molar-refractivity contribution >= 4 is 29.3 Å². The number of hydrogen-bond acceptors (Lipinski definition) is 5. The van der Waals surface area contributed by atoms with Crippen LogP contribution >= 0.6 is 11.8 Å². The van der Waals surface area contributed by atoms with Crippen LogP contribution in [0.2, 0.25) is 0 Å². The van der Waals surface area contributed by atoms with Crippen molar-refractivity contribution in [2.24, 2.45) is 0 Å². The molecule has 27 heavy (non-hydrogen) atoms. The topological polar surface area (TPSA) is 71.5 Å². The first-order valence-electron chi connectivity index (χ1n) is 8.61. The lowest BCUT2D eigenvalue weighted by atomic mass is 10.2. The molecule has 2 aliphatic heterocycles. The molecule has 0 radical (unpaired) electrons. The van der Waals surface area contributed by atoms with Gasteiger partial charge in [-0.1, -0.05) is 0 Å². The third-order valence-electron chi connectivity index (χ3n) is 4.79. The van der Waals surface area contributed by atoms with E-state index in [1.165, 1.54) is 30.5 Å². The van der Waals surface area contributed by atoms with Crippen LogP contribution in [0.5, 0.6) is 11.6 Å². The van der Waals surface area contributed by atoms with Crippen LogP contribution in [0.15, 0.2) is 42.6 Å². The molecule has 3 heterocycles. The van der Waals surface area contributed by atoms with E-state index in [4.69, 9.17) is 4.74 Å². The van der Waals surface area contributed by atoms with Gasteiger partial charge in [-0.3, -0.25) is 9.59 Å². The first-order chi connectivity index (χ1) is 12.9. The summed E-state index contributed by atoms with van der Waals surface area (Å²) in [5.74, 6) is 0.868. The van der Waals surface area contributed by atoms with Crippen LogP contribution in [-0.4, -0.2) is 38.4 Å². The molecule has 8 heteroatoms. The van der Waals surface area contributed by atoms with Crippen LogP contribution in [-0.2, 0) is 9.59 Å². The van der Waals surface area contributed by atoms with E-state index in [0.29, 0.717) is 29.5 Å². The molecule has 0 aliphatic carbocycles. The van der Waals surface area contributed by atoms with E-state index in [0.717, 1.165) is 6.42 Å². The number of halogens is 1. The standard InChI is InChI=1S/C19H18FN3O3S/c1-19-9-8-17(24)23(19)15(11-27-19)18(25)22-13-4-7-16(21-10-13)26-14-5-2-12(20)3-6-14/h2-7,10,15H,8-9,11H2,1H3,(H,22,25)/t15-,19-/m0/s1. The van der Waals surface area contributed by atoms with Crippen molar-refractivity contribution in [3.8, 4) is 11.6 Å². The smallest absolute Gasteiger partial charge is 0.248 e. The molecular weight excluding hydrogens is 369 g/mol. The Labute approximate surface area is 160 Å². The minimum Gasteiger partial charge on any atom is -0.439 e. The molecule has 140 valence electrons. The summed E-state index contributed by atoms with van der Waals surface area (Å²) in [5, 5.41) is 2.82. The summed E-state index contributed by atoms with van der Waals surface area (Å²) in [6.07, 6.45) is 2.76. The van der Waals surface area contributed by atoms with Gasteiger partial charge in [0.15, 0.2) is 0 Å². The Balaban J connectivity index is 1.40. The fraction of sp³-hybridized carbons (Fsp3) is 0.316.